The van der Waals surface area contributed by atoms with Gasteiger partial charge in [-0.15, -0.1) is 0 Å². The quantitative estimate of drug-likeness (QED) is 0.941. The monoisotopic (exact) mass is 291 g/mol. The predicted molar refractivity (Wildman–Crippen MR) is 73.0 cm³/mol. The molecule has 0 saturated carbocycles. The molecular formula is C13H14BrN3. The normalized spacial score (nSPS) is 10.3. The number of aromatic nitrogens is 2. The molecule has 3 nitrogen and oxygen atoms in total. The maximum Gasteiger partial charge on any atom is 0.125 e. The molecular weight excluding hydrogens is 278 g/mol. The van der Waals surface area contributed by atoms with Crippen LogP contribution >= 0.6 is 15.9 Å². The van der Waals surface area contributed by atoms with Crippen LogP contribution in [0.25, 0.3) is 0 Å². The minimum atomic E-state index is 0.708. The van der Waals surface area contributed by atoms with Gasteiger partial charge in [0.2, 0.25) is 0 Å². The fraction of sp³-hybridized carbons (Fsp3) is 0.231. The summed E-state index contributed by atoms with van der Waals surface area (Å²) in [5.74, 6) is 0.801. The highest BCUT2D eigenvalue weighted by molar-refractivity contribution is 9.10. The van der Waals surface area contributed by atoms with Gasteiger partial charge in [0.05, 0.1) is 12.2 Å². The van der Waals surface area contributed by atoms with Crippen molar-refractivity contribution < 1.29 is 0 Å². The molecule has 0 atom stereocenters. The van der Waals surface area contributed by atoms with Gasteiger partial charge in [0.1, 0.15) is 5.82 Å². The summed E-state index contributed by atoms with van der Waals surface area (Å²) in [5.41, 5.74) is 3.31. The molecule has 2 rings (SSSR count). The molecule has 0 spiro atoms. The Bertz CT molecular complexity index is 506. The van der Waals surface area contributed by atoms with E-state index in [2.05, 4.69) is 56.3 Å². The van der Waals surface area contributed by atoms with Gasteiger partial charge in [-0.25, -0.2) is 9.97 Å². The van der Waals surface area contributed by atoms with Crippen LogP contribution in [0.15, 0.2) is 34.9 Å². The summed E-state index contributed by atoms with van der Waals surface area (Å²) in [4.78, 5) is 8.42. The van der Waals surface area contributed by atoms with Crippen LogP contribution in [-0.4, -0.2) is 9.97 Å². The third-order valence-electron chi connectivity index (χ3n) is 2.35. The summed E-state index contributed by atoms with van der Waals surface area (Å²) >= 11 is 3.49. The minimum absolute atomic E-state index is 0.708. The van der Waals surface area contributed by atoms with Gasteiger partial charge < -0.3 is 5.32 Å². The Morgan fingerprint density at radius 2 is 2.06 bits per heavy atom. The van der Waals surface area contributed by atoms with Crippen LogP contribution in [0.2, 0.25) is 0 Å². The van der Waals surface area contributed by atoms with E-state index in [1.165, 1.54) is 5.56 Å². The van der Waals surface area contributed by atoms with Crippen LogP contribution in [0.1, 0.15) is 17.1 Å². The first-order valence-electron chi connectivity index (χ1n) is 5.43. The zero-order chi connectivity index (χ0) is 12.3. The third-order valence-corrected chi connectivity index (χ3v) is 2.81. The van der Waals surface area contributed by atoms with Crippen molar-refractivity contribution in [3.05, 3.63) is 52.0 Å². The molecule has 1 aromatic heterocycles. The van der Waals surface area contributed by atoms with Gasteiger partial charge in [-0.2, -0.15) is 0 Å². The second kappa shape index (κ2) is 5.27. The number of benzene rings is 1. The zero-order valence-electron chi connectivity index (χ0n) is 9.87. The van der Waals surface area contributed by atoms with E-state index in [-0.39, 0.29) is 0 Å². The topological polar surface area (TPSA) is 37.8 Å². The number of halogens is 1. The Balaban J connectivity index is 2.07. The first-order valence-corrected chi connectivity index (χ1v) is 6.22. The van der Waals surface area contributed by atoms with Crippen LogP contribution in [-0.2, 0) is 6.54 Å². The molecule has 1 heterocycles. The van der Waals surface area contributed by atoms with E-state index in [9.17, 15) is 0 Å². The van der Waals surface area contributed by atoms with Crippen LogP contribution in [0, 0.1) is 13.8 Å². The largest absolute Gasteiger partial charge is 0.379 e. The first kappa shape index (κ1) is 12.0. The smallest absolute Gasteiger partial charge is 0.125 e. The Kier molecular flexibility index (Phi) is 3.74. The van der Waals surface area contributed by atoms with Crippen LogP contribution < -0.4 is 5.32 Å². The number of hydrogen-bond acceptors (Lipinski definition) is 3. The number of rotatable bonds is 3. The molecule has 0 radical (unpaired) electrons. The lowest BCUT2D eigenvalue weighted by Crippen LogP contribution is -2.03. The molecule has 0 fully saturated rings. The van der Waals surface area contributed by atoms with Gasteiger partial charge in [-0.1, -0.05) is 15.9 Å². The van der Waals surface area contributed by atoms with Crippen LogP contribution in [0.5, 0.6) is 0 Å². The summed E-state index contributed by atoms with van der Waals surface area (Å²) in [6, 6.07) is 8.17. The molecule has 88 valence electrons. The average molecular weight is 292 g/mol. The molecule has 0 aliphatic carbocycles. The van der Waals surface area contributed by atoms with E-state index >= 15 is 0 Å². The molecule has 0 saturated heterocycles. The summed E-state index contributed by atoms with van der Waals surface area (Å²) in [6.45, 7) is 4.68. The van der Waals surface area contributed by atoms with E-state index < -0.39 is 0 Å². The van der Waals surface area contributed by atoms with Crippen molar-refractivity contribution in [2.45, 2.75) is 20.4 Å². The van der Waals surface area contributed by atoms with Crippen molar-refractivity contribution in [1.82, 2.24) is 9.97 Å². The highest BCUT2D eigenvalue weighted by atomic mass is 79.9. The first-order chi connectivity index (χ1) is 8.13. The molecule has 1 N–H and O–H groups in total. The average Bonchev–Trinajstić information content (AvgIpc) is 2.25. The summed E-state index contributed by atoms with van der Waals surface area (Å²) in [7, 11) is 0. The summed E-state index contributed by atoms with van der Waals surface area (Å²) < 4.78 is 1.08. The highest BCUT2D eigenvalue weighted by Gasteiger charge is 1.98. The number of aryl methyl sites for hydroxylation is 2. The Morgan fingerprint density at radius 1 is 1.24 bits per heavy atom. The van der Waals surface area contributed by atoms with Crippen molar-refractivity contribution in [3.8, 4) is 0 Å². The van der Waals surface area contributed by atoms with E-state index in [0.717, 1.165) is 21.7 Å². The highest BCUT2D eigenvalue weighted by Crippen LogP contribution is 2.19. The Labute approximate surface area is 109 Å². The van der Waals surface area contributed by atoms with Gasteiger partial charge in [-0.3, -0.25) is 0 Å². The molecule has 0 aliphatic heterocycles. The maximum atomic E-state index is 4.35. The summed E-state index contributed by atoms with van der Waals surface area (Å²) in [6.07, 6.45) is 1.78. The SMILES string of the molecule is Cc1cc(Br)cc(NCc2ccnc(C)n2)c1. The van der Waals surface area contributed by atoms with Crippen LogP contribution in [0.3, 0.4) is 0 Å². The molecule has 0 unspecified atom stereocenters. The fourth-order valence-corrected chi connectivity index (χ4v) is 2.24. The van der Waals surface area contributed by atoms with Crippen molar-refractivity contribution in [2.75, 3.05) is 5.32 Å². The van der Waals surface area contributed by atoms with Gasteiger partial charge in [0.15, 0.2) is 0 Å². The van der Waals surface area contributed by atoms with Gasteiger partial charge >= 0.3 is 0 Å². The van der Waals surface area contributed by atoms with Crippen molar-refractivity contribution in [2.24, 2.45) is 0 Å². The third kappa shape index (κ3) is 3.53. The van der Waals surface area contributed by atoms with E-state index in [1.807, 2.05) is 13.0 Å². The van der Waals surface area contributed by atoms with E-state index in [0.29, 0.717) is 6.54 Å². The molecule has 4 heteroatoms. The molecule has 0 amide bonds. The molecule has 1 aromatic carbocycles. The lowest BCUT2D eigenvalue weighted by atomic mass is 10.2. The van der Waals surface area contributed by atoms with Crippen molar-refractivity contribution >= 4 is 21.6 Å². The van der Waals surface area contributed by atoms with Crippen molar-refractivity contribution in [1.29, 1.82) is 0 Å². The standard InChI is InChI=1S/C13H14BrN3/c1-9-5-11(14)7-13(6-9)16-8-12-3-4-15-10(2)17-12/h3-7,16H,8H2,1-2H3. The van der Waals surface area contributed by atoms with Crippen molar-refractivity contribution in [3.63, 3.8) is 0 Å². The Morgan fingerprint density at radius 3 is 2.76 bits per heavy atom. The molecule has 17 heavy (non-hydrogen) atoms. The minimum Gasteiger partial charge on any atom is -0.379 e. The Hall–Kier alpha value is -1.42. The zero-order valence-corrected chi connectivity index (χ0v) is 11.5. The van der Waals surface area contributed by atoms with Gasteiger partial charge in [0, 0.05) is 16.4 Å². The molecule has 2 aromatic rings. The molecule has 0 aliphatic rings. The molecule has 0 bridgehead atoms. The van der Waals surface area contributed by atoms with Gasteiger partial charge in [0.25, 0.3) is 0 Å². The number of nitrogens with zero attached hydrogens (tertiary/aromatic N) is 2. The predicted octanol–water partition coefficient (Wildman–Crippen LogP) is 3.47. The number of hydrogen-bond donors (Lipinski definition) is 1. The number of anilines is 1. The lowest BCUT2D eigenvalue weighted by molar-refractivity contribution is 0.955. The second-order valence-electron chi connectivity index (χ2n) is 3.97. The van der Waals surface area contributed by atoms with E-state index in [1.54, 1.807) is 6.20 Å². The number of nitrogens with one attached hydrogen (secondary N) is 1. The van der Waals surface area contributed by atoms with Gasteiger partial charge in [-0.05, 0) is 43.7 Å². The van der Waals surface area contributed by atoms with Crippen LogP contribution in [0.4, 0.5) is 5.69 Å². The summed E-state index contributed by atoms with van der Waals surface area (Å²) in [5, 5.41) is 3.35. The fourth-order valence-electron chi connectivity index (χ4n) is 1.63. The van der Waals surface area contributed by atoms with E-state index in [4.69, 9.17) is 0 Å². The second-order valence-corrected chi connectivity index (χ2v) is 4.88. The maximum absolute atomic E-state index is 4.35. The lowest BCUT2D eigenvalue weighted by Gasteiger charge is -2.08.